The van der Waals surface area contributed by atoms with E-state index in [9.17, 15) is 0 Å². The molecule has 0 amide bonds. The SMILES string of the molecule is CCCCCc1ccc(Nc2ccccc2-c2cc(C(C)(C)C)c3c4cc5c(cc4n4c3c2[B]c2cc3oc6ccccc6c3cc2-4)C(C)(C)CCC5(C)C)cc1. The number of fused-ring (bicyclic) bond motifs is 9. The zero-order valence-electron chi connectivity index (χ0n) is 35.0. The fourth-order valence-electron chi connectivity index (χ4n) is 10.1. The van der Waals surface area contributed by atoms with Gasteiger partial charge in [0.25, 0.3) is 0 Å². The maximum absolute atomic E-state index is 6.53. The van der Waals surface area contributed by atoms with E-state index in [1.54, 1.807) is 0 Å². The third kappa shape index (κ3) is 5.77. The van der Waals surface area contributed by atoms with E-state index in [0.717, 1.165) is 39.7 Å². The second kappa shape index (κ2) is 12.9. The van der Waals surface area contributed by atoms with E-state index in [0.29, 0.717) is 0 Å². The van der Waals surface area contributed by atoms with Crippen molar-refractivity contribution in [1.29, 1.82) is 0 Å². The maximum Gasteiger partial charge on any atom is 0.198 e. The Labute approximate surface area is 338 Å². The van der Waals surface area contributed by atoms with Gasteiger partial charge in [0.15, 0.2) is 7.28 Å². The lowest BCUT2D eigenvalue weighted by molar-refractivity contribution is 0.332. The molecule has 8 aromatic rings. The molecule has 2 aliphatic rings. The number of furan rings is 1. The number of hydrogen-bond acceptors (Lipinski definition) is 2. The molecule has 0 spiro atoms. The van der Waals surface area contributed by atoms with Gasteiger partial charge >= 0.3 is 0 Å². The Morgan fingerprint density at radius 3 is 2.19 bits per heavy atom. The Morgan fingerprint density at radius 1 is 0.719 bits per heavy atom. The molecule has 2 aromatic heterocycles. The molecule has 0 fully saturated rings. The van der Waals surface area contributed by atoms with Crippen LogP contribution in [0, 0.1) is 0 Å². The van der Waals surface area contributed by atoms with Gasteiger partial charge in [0, 0.05) is 49.7 Å². The van der Waals surface area contributed by atoms with Gasteiger partial charge in [-0.3, -0.25) is 0 Å². The van der Waals surface area contributed by atoms with Crippen LogP contribution in [0.4, 0.5) is 11.4 Å². The topological polar surface area (TPSA) is 30.1 Å². The molecule has 1 aliphatic carbocycles. The van der Waals surface area contributed by atoms with Crippen LogP contribution in [0.5, 0.6) is 0 Å². The quantitative estimate of drug-likeness (QED) is 0.130. The van der Waals surface area contributed by atoms with Crippen LogP contribution in [0.2, 0.25) is 0 Å². The number of aromatic nitrogens is 1. The van der Waals surface area contributed by atoms with Crippen LogP contribution in [0.3, 0.4) is 0 Å². The van der Waals surface area contributed by atoms with Crippen LogP contribution in [0.1, 0.15) is 110 Å². The average molecular weight is 746 g/mol. The molecule has 1 radical (unpaired) electrons. The molecule has 0 atom stereocenters. The molecular weight excluding hydrogens is 691 g/mol. The second-order valence-corrected chi connectivity index (χ2v) is 19.4. The molecule has 6 aromatic carbocycles. The molecule has 1 N–H and O–H groups in total. The number of benzene rings is 6. The molecular formula is C53H54BN2O. The highest BCUT2D eigenvalue weighted by atomic mass is 16.3. The van der Waals surface area contributed by atoms with Gasteiger partial charge in [0.1, 0.15) is 11.2 Å². The molecule has 285 valence electrons. The third-order valence-corrected chi connectivity index (χ3v) is 13.4. The summed E-state index contributed by atoms with van der Waals surface area (Å²) in [6, 6.07) is 38.8. The Kier molecular flexibility index (Phi) is 8.18. The number of para-hydroxylation sites is 2. The predicted molar refractivity (Wildman–Crippen MR) is 245 cm³/mol. The summed E-state index contributed by atoms with van der Waals surface area (Å²) >= 11 is 0. The van der Waals surface area contributed by atoms with Crippen molar-refractivity contribution in [2.24, 2.45) is 0 Å². The van der Waals surface area contributed by atoms with E-state index in [-0.39, 0.29) is 16.2 Å². The summed E-state index contributed by atoms with van der Waals surface area (Å²) in [4.78, 5) is 0. The minimum Gasteiger partial charge on any atom is -0.456 e. The summed E-state index contributed by atoms with van der Waals surface area (Å²) < 4.78 is 9.16. The molecule has 0 saturated heterocycles. The van der Waals surface area contributed by atoms with E-state index >= 15 is 0 Å². The first-order valence-electron chi connectivity index (χ1n) is 21.3. The van der Waals surface area contributed by atoms with Gasteiger partial charge < -0.3 is 14.3 Å². The highest BCUT2D eigenvalue weighted by molar-refractivity contribution is 6.73. The van der Waals surface area contributed by atoms with Crippen molar-refractivity contribution in [1.82, 2.24) is 4.57 Å². The Bertz CT molecular complexity index is 2900. The average Bonchev–Trinajstić information content (AvgIpc) is 3.72. The number of rotatable bonds is 7. The van der Waals surface area contributed by atoms with E-state index in [2.05, 4.69) is 176 Å². The number of aryl methyl sites for hydroxylation is 1. The number of unbranched alkanes of at least 4 members (excludes halogenated alkanes) is 2. The second-order valence-electron chi connectivity index (χ2n) is 19.4. The number of nitrogens with zero attached hydrogens (tertiary/aromatic N) is 1. The van der Waals surface area contributed by atoms with Gasteiger partial charge in [0.05, 0.1) is 5.52 Å². The molecule has 3 heterocycles. The van der Waals surface area contributed by atoms with Crippen molar-refractivity contribution in [3.05, 3.63) is 125 Å². The van der Waals surface area contributed by atoms with E-state index < -0.39 is 0 Å². The standard InChI is InChI=1S/C53H54BN2O/c1-9-10-11-16-32-21-23-33(24-22-32)55-43-19-14-12-17-34(43)37-27-41(51(2,3)4)48-38-28-39-40(53(7,8)26-25-52(39,5)6)30-44(38)56-45-29-36-35-18-13-15-20-46(35)57-47(36)31-42(45)54-49(37)50(48)56/h12-15,17-24,27-31,55H,9-11,16,25-26H2,1-8H3. The number of anilines is 2. The maximum atomic E-state index is 6.53. The van der Waals surface area contributed by atoms with Crippen molar-refractivity contribution in [2.75, 3.05) is 5.32 Å². The molecule has 1 aliphatic heterocycles. The van der Waals surface area contributed by atoms with Crippen molar-refractivity contribution in [3.8, 4) is 16.8 Å². The molecule has 4 heteroatoms. The van der Waals surface area contributed by atoms with Gasteiger partial charge in [-0.25, -0.2) is 0 Å². The molecule has 10 rings (SSSR count). The zero-order valence-corrected chi connectivity index (χ0v) is 35.0. The van der Waals surface area contributed by atoms with Crippen LogP contribution >= 0.6 is 0 Å². The normalized spacial score (nSPS) is 15.6. The summed E-state index contributed by atoms with van der Waals surface area (Å²) in [6.07, 6.45) is 7.26. The lowest BCUT2D eigenvalue weighted by atomic mass is 9.58. The van der Waals surface area contributed by atoms with Gasteiger partial charge in [0.2, 0.25) is 0 Å². The summed E-state index contributed by atoms with van der Waals surface area (Å²) in [5, 5.41) is 8.91. The van der Waals surface area contributed by atoms with Gasteiger partial charge in [-0.15, -0.1) is 0 Å². The summed E-state index contributed by atoms with van der Waals surface area (Å²) in [5.41, 5.74) is 18.6. The molecule has 0 unspecified atom stereocenters. The van der Waals surface area contributed by atoms with Crippen LogP contribution in [-0.2, 0) is 22.7 Å². The molecule has 57 heavy (non-hydrogen) atoms. The third-order valence-electron chi connectivity index (χ3n) is 13.4. The monoisotopic (exact) mass is 745 g/mol. The largest absolute Gasteiger partial charge is 0.456 e. The molecule has 3 nitrogen and oxygen atoms in total. The first-order valence-corrected chi connectivity index (χ1v) is 21.3. The van der Waals surface area contributed by atoms with Gasteiger partial charge in [-0.2, -0.15) is 0 Å². The lowest BCUT2D eigenvalue weighted by Crippen LogP contribution is -2.38. The van der Waals surface area contributed by atoms with Crippen LogP contribution in [-0.4, -0.2) is 11.8 Å². The number of nitrogens with one attached hydrogen (secondary N) is 1. The fraction of sp³-hybridized carbons (Fsp3) is 0.321. The summed E-state index contributed by atoms with van der Waals surface area (Å²) in [7, 11) is 2.45. The highest BCUT2D eigenvalue weighted by Crippen LogP contribution is 2.50. The lowest BCUT2D eigenvalue weighted by Gasteiger charge is -2.42. The van der Waals surface area contributed by atoms with Gasteiger partial charge in [-0.05, 0) is 124 Å². The zero-order chi connectivity index (χ0) is 39.4. The van der Waals surface area contributed by atoms with E-state index in [1.807, 2.05) is 0 Å². The van der Waals surface area contributed by atoms with Crippen molar-refractivity contribution >= 4 is 73.3 Å². The highest BCUT2D eigenvalue weighted by Gasteiger charge is 2.39. The Hall–Kier alpha value is -5.22. The van der Waals surface area contributed by atoms with E-state index in [1.165, 1.54) is 104 Å². The minimum atomic E-state index is -0.113. The van der Waals surface area contributed by atoms with Crippen LogP contribution < -0.4 is 16.2 Å². The molecule has 0 saturated carbocycles. The minimum absolute atomic E-state index is 0.0866. The fourth-order valence-corrected chi connectivity index (χ4v) is 10.1. The van der Waals surface area contributed by atoms with Crippen molar-refractivity contribution in [2.45, 2.75) is 110 Å². The first kappa shape index (κ1) is 36.1. The van der Waals surface area contributed by atoms with Crippen molar-refractivity contribution < 1.29 is 4.42 Å². The van der Waals surface area contributed by atoms with Crippen molar-refractivity contribution in [3.63, 3.8) is 0 Å². The number of hydrogen-bond donors (Lipinski definition) is 1. The summed E-state index contributed by atoms with van der Waals surface area (Å²) in [6.45, 7) is 19.2. The van der Waals surface area contributed by atoms with Crippen LogP contribution in [0.25, 0.3) is 60.6 Å². The summed E-state index contributed by atoms with van der Waals surface area (Å²) in [5.74, 6) is 0. The van der Waals surface area contributed by atoms with Crippen LogP contribution in [0.15, 0.2) is 108 Å². The molecule has 0 bridgehead atoms. The predicted octanol–water partition coefficient (Wildman–Crippen LogP) is 13.4. The van der Waals surface area contributed by atoms with Gasteiger partial charge in [-0.1, -0.05) is 128 Å². The van der Waals surface area contributed by atoms with E-state index in [4.69, 9.17) is 4.42 Å². The Morgan fingerprint density at radius 2 is 1.44 bits per heavy atom. The Balaban J connectivity index is 1.27. The first-order chi connectivity index (χ1) is 27.3. The smallest absolute Gasteiger partial charge is 0.198 e.